The predicted molar refractivity (Wildman–Crippen MR) is 90.0 cm³/mol. The average molecular weight is 394 g/mol. The number of aliphatic carboxylic acids is 1. The van der Waals surface area contributed by atoms with Gasteiger partial charge in [0.05, 0.1) is 15.9 Å². The number of hydrogen-bond acceptors (Lipinski definition) is 8. The molecule has 0 aromatic carbocycles. The monoisotopic (exact) mass is 393 g/mol. The van der Waals surface area contributed by atoms with Gasteiger partial charge < -0.3 is 26.6 Å². The van der Waals surface area contributed by atoms with Gasteiger partial charge in [-0.05, 0) is 6.42 Å². The first-order valence-electron chi connectivity index (χ1n) is 8.50. The van der Waals surface area contributed by atoms with Crippen molar-refractivity contribution in [2.75, 3.05) is 31.2 Å². The summed E-state index contributed by atoms with van der Waals surface area (Å²) < 4.78 is 29.0. The Kier molecular flexibility index (Phi) is 11.4. The summed E-state index contributed by atoms with van der Waals surface area (Å²) in [5.41, 5.74) is 2.51. The van der Waals surface area contributed by atoms with E-state index in [2.05, 4.69) is 15.5 Å². The van der Waals surface area contributed by atoms with E-state index in [1.54, 1.807) is 0 Å². The Morgan fingerprint density at radius 3 is 2.58 bits per heavy atom. The van der Waals surface area contributed by atoms with Gasteiger partial charge in [-0.1, -0.05) is 0 Å². The minimum Gasteiger partial charge on any atom is -0.480 e. The van der Waals surface area contributed by atoms with Gasteiger partial charge >= 0.3 is 5.97 Å². The third kappa shape index (κ3) is 12.3. The fourth-order valence-corrected chi connectivity index (χ4v) is 1.91. The number of carboxylic acid groups (broad SMARTS) is 1. The van der Waals surface area contributed by atoms with Crippen molar-refractivity contribution in [1.29, 1.82) is 0 Å². The van der Waals surface area contributed by atoms with Gasteiger partial charge in [0, 0.05) is 27.2 Å². The maximum Gasteiger partial charge on any atom is 0.320 e. The second kappa shape index (κ2) is 15.4. The predicted octanol–water partition coefficient (Wildman–Crippen LogP) is -1.58. The molecule has 0 aliphatic heterocycles. The Labute approximate surface area is 155 Å². The van der Waals surface area contributed by atoms with Crippen molar-refractivity contribution >= 4 is 42.0 Å². The van der Waals surface area contributed by atoms with Crippen molar-refractivity contribution in [2.45, 2.75) is 24.9 Å². The third-order valence-corrected chi connectivity index (χ3v) is 3.25. The van der Waals surface area contributed by atoms with Crippen LogP contribution >= 0.6 is 24.2 Å². The van der Waals surface area contributed by atoms with Crippen LogP contribution in [0.3, 0.4) is 0 Å². The van der Waals surface area contributed by atoms with Gasteiger partial charge in [-0.2, -0.15) is 11.8 Å². The third-order valence-electron chi connectivity index (χ3n) is 2.51. The van der Waals surface area contributed by atoms with Gasteiger partial charge in [-0.15, -0.1) is 12.4 Å². The fourth-order valence-electron chi connectivity index (χ4n) is 1.36. The number of carbonyl (C=O) groups excluding carboxylic acids is 2. The normalized spacial score (nSPS) is 16.3. The van der Waals surface area contributed by atoms with Crippen LogP contribution in [0.5, 0.6) is 0 Å². The summed E-state index contributed by atoms with van der Waals surface area (Å²) in [7, 11) is 0. The lowest BCUT2D eigenvalue weighted by Gasteiger charge is -2.18. The van der Waals surface area contributed by atoms with Crippen LogP contribution in [-0.4, -0.2) is 76.5 Å². The Balaban J connectivity index is 0. The fraction of sp³-hybridized carbons (Fsp3) is 0.750. The molecule has 0 saturated carbocycles. The van der Waals surface area contributed by atoms with E-state index in [0.29, 0.717) is 0 Å². The number of thioether (sulfide) groups is 1. The maximum absolute atomic E-state index is 12.1. The Bertz CT molecular complexity index is 528. The minimum atomic E-state index is -3.19. The quantitative estimate of drug-likeness (QED) is 0.123. The molecule has 0 aliphatic rings. The Hall–Kier alpha value is -1.11. The molecule has 0 unspecified atom stereocenters. The largest absolute Gasteiger partial charge is 0.480 e. The molecule has 2 amide bonds. The highest BCUT2D eigenvalue weighted by molar-refractivity contribution is 7.99. The first-order chi connectivity index (χ1) is 12.3. The molecule has 0 rings (SSSR count). The maximum atomic E-state index is 12.1. The number of rotatable bonds is 13. The van der Waals surface area contributed by atoms with E-state index in [1.807, 2.05) is 0 Å². The van der Waals surface area contributed by atoms with E-state index < -0.39 is 47.9 Å². The van der Waals surface area contributed by atoms with Gasteiger partial charge in [0.25, 0.3) is 0 Å². The Morgan fingerprint density at radius 2 is 2.04 bits per heavy atom. The van der Waals surface area contributed by atoms with Crippen LogP contribution in [0.4, 0.5) is 0 Å². The molecule has 12 heteroatoms. The molecular weight excluding hydrogens is 366 g/mol. The smallest absolute Gasteiger partial charge is 0.320 e. The Morgan fingerprint density at radius 1 is 1.38 bits per heavy atom. The lowest BCUT2D eigenvalue weighted by molar-refractivity contribution is -0.240. The molecule has 0 saturated heterocycles. The number of nitrogens with two attached hydrogens (primary N) is 1. The van der Waals surface area contributed by atoms with Crippen molar-refractivity contribution in [3.05, 3.63) is 0 Å². The van der Waals surface area contributed by atoms with Crippen molar-refractivity contribution < 1.29 is 40.2 Å². The van der Waals surface area contributed by atoms with E-state index in [-0.39, 0.29) is 50.2 Å². The number of halogens is 1. The molecule has 0 aromatic rings. The van der Waals surface area contributed by atoms with Gasteiger partial charge in [0.2, 0.25) is 11.8 Å². The highest BCUT2D eigenvalue weighted by Gasteiger charge is 2.21. The number of aliphatic hydroxyl groups is 1. The lowest BCUT2D eigenvalue weighted by Crippen LogP contribution is -2.49. The molecule has 0 spiro atoms. The summed E-state index contributed by atoms with van der Waals surface area (Å²) in [6.45, 7) is -3.56. The SMILES string of the molecule is Cl.[2H]C([2H])(O)C([2H])([2H])SC[C@@H](NC(=O)CC[C@@H](N)C(=O)O)C(=O)NCCOO. The van der Waals surface area contributed by atoms with Gasteiger partial charge in [0.15, 0.2) is 0 Å². The summed E-state index contributed by atoms with van der Waals surface area (Å²) in [5.74, 6) is -3.23. The highest BCUT2D eigenvalue weighted by atomic mass is 35.5. The second-order valence-electron chi connectivity index (χ2n) is 4.25. The van der Waals surface area contributed by atoms with E-state index in [0.717, 1.165) is 0 Å². The zero-order chi connectivity index (χ0) is 21.3. The van der Waals surface area contributed by atoms with Crippen molar-refractivity contribution in [3.63, 3.8) is 0 Å². The number of carboxylic acids is 1. The molecule has 24 heavy (non-hydrogen) atoms. The molecule has 0 radical (unpaired) electrons. The molecule has 0 fully saturated rings. The van der Waals surface area contributed by atoms with E-state index in [9.17, 15) is 19.5 Å². The summed E-state index contributed by atoms with van der Waals surface area (Å²) >= 11 is 0.266. The summed E-state index contributed by atoms with van der Waals surface area (Å²) in [6, 6.07) is -2.59. The minimum absolute atomic E-state index is 0. The van der Waals surface area contributed by atoms with Crippen molar-refractivity contribution in [1.82, 2.24) is 10.6 Å². The number of hydrogen-bond donors (Lipinski definition) is 6. The molecule has 10 nitrogen and oxygen atoms in total. The topological polar surface area (TPSA) is 171 Å². The van der Waals surface area contributed by atoms with Gasteiger partial charge in [-0.25, -0.2) is 4.89 Å². The van der Waals surface area contributed by atoms with Crippen LogP contribution in [0.1, 0.15) is 18.3 Å². The van der Waals surface area contributed by atoms with Gasteiger partial charge in [-0.3, -0.25) is 19.6 Å². The van der Waals surface area contributed by atoms with Gasteiger partial charge in [0.1, 0.15) is 12.1 Å². The lowest BCUT2D eigenvalue weighted by atomic mass is 10.1. The van der Waals surface area contributed by atoms with Crippen LogP contribution in [-0.2, 0) is 19.3 Å². The molecule has 142 valence electrons. The zero-order valence-electron chi connectivity index (χ0n) is 16.6. The summed E-state index contributed by atoms with van der Waals surface area (Å²) in [4.78, 5) is 38.4. The molecular formula is C12H24ClN3O7S. The van der Waals surface area contributed by atoms with E-state index in [1.165, 1.54) is 0 Å². The van der Waals surface area contributed by atoms with Crippen LogP contribution < -0.4 is 16.4 Å². The zero-order valence-corrected chi connectivity index (χ0v) is 14.2. The first kappa shape index (κ1) is 17.7. The molecule has 0 aliphatic carbocycles. The number of carbonyl (C=O) groups is 3. The van der Waals surface area contributed by atoms with E-state index in [4.69, 9.17) is 21.6 Å². The van der Waals surface area contributed by atoms with Crippen molar-refractivity contribution in [2.24, 2.45) is 5.73 Å². The van der Waals surface area contributed by atoms with Crippen LogP contribution in [0.15, 0.2) is 0 Å². The second-order valence-corrected chi connectivity index (χ2v) is 5.08. The molecule has 7 N–H and O–H groups in total. The number of nitrogens with one attached hydrogen (secondary N) is 2. The van der Waals surface area contributed by atoms with E-state index >= 15 is 0 Å². The number of amides is 2. The van der Waals surface area contributed by atoms with Crippen LogP contribution in [0.25, 0.3) is 0 Å². The standard InChI is InChI=1S/C12H23N3O7S.ClH/c13-8(12(19)20)1-2-10(17)15-9(7-23-6-4-16)11(18)14-3-5-22-21;/h8-9,16,21H,1-7,13H2,(H,14,18)(H,15,17)(H,19,20);1H/t8-,9-;/m1./s1/i4D2,6D2;. The van der Waals surface area contributed by atoms with Crippen LogP contribution in [0, 0.1) is 0 Å². The van der Waals surface area contributed by atoms with Crippen molar-refractivity contribution in [3.8, 4) is 0 Å². The summed E-state index contributed by atoms with van der Waals surface area (Å²) in [5, 5.41) is 30.7. The highest BCUT2D eigenvalue weighted by Crippen LogP contribution is 2.04. The first-order valence-corrected chi connectivity index (χ1v) is 7.48. The molecule has 0 heterocycles. The summed E-state index contributed by atoms with van der Waals surface area (Å²) in [6.07, 6.45) is -0.504. The average Bonchev–Trinajstić information content (AvgIpc) is 2.55. The molecule has 0 aromatic heterocycles. The molecule has 0 bridgehead atoms. The molecule has 2 atom stereocenters. The van der Waals surface area contributed by atoms with Crippen LogP contribution in [0.2, 0.25) is 0 Å².